The van der Waals surface area contributed by atoms with Crippen LogP contribution in [0.5, 0.6) is 11.5 Å². The van der Waals surface area contributed by atoms with Crippen LogP contribution in [0.1, 0.15) is 33.3 Å². The van der Waals surface area contributed by atoms with Gasteiger partial charge in [0.2, 0.25) is 5.75 Å². The Labute approximate surface area is 122 Å². The Balaban J connectivity index is 3.41. The van der Waals surface area contributed by atoms with E-state index in [9.17, 15) is 14.9 Å². The van der Waals surface area contributed by atoms with E-state index in [2.05, 4.69) is 0 Å². The molecule has 7 nitrogen and oxygen atoms in total. The molecule has 0 saturated carbocycles. The summed E-state index contributed by atoms with van der Waals surface area (Å²) in [6.07, 6.45) is -0.820. The van der Waals surface area contributed by atoms with Crippen molar-refractivity contribution in [1.29, 1.82) is 0 Å². The molecule has 0 fully saturated rings. The van der Waals surface area contributed by atoms with Crippen molar-refractivity contribution in [1.82, 2.24) is 0 Å². The molecule has 0 bridgehead atoms. The number of ether oxygens (including phenoxy) is 2. The Morgan fingerprint density at radius 2 is 1.81 bits per heavy atom. The van der Waals surface area contributed by atoms with Crippen molar-refractivity contribution < 1.29 is 24.3 Å². The highest BCUT2D eigenvalue weighted by molar-refractivity contribution is 5.72. The molecular formula is C14H19NO6. The monoisotopic (exact) mass is 297 g/mol. The van der Waals surface area contributed by atoms with Gasteiger partial charge in [-0.05, 0) is 39.3 Å². The summed E-state index contributed by atoms with van der Waals surface area (Å²) in [7, 11) is 0. The van der Waals surface area contributed by atoms with Crippen molar-refractivity contribution in [3.05, 3.63) is 27.8 Å². The van der Waals surface area contributed by atoms with Gasteiger partial charge < -0.3 is 14.6 Å². The Morgan fingerprint density at radius 3 is 2.24 bits per heavy atom. The molecule has 0 unspecified atom stereocenters. The Morgan fingerprint density at radius 1 is 1.24 bits per heavy atom. The van der Waals surface area contributed by atoms with E-state index in [0.29, 0.717) is 5.56 Å². The van der Waals surface area contributed by atoms with Crippen LogP contribution in [0.2, 0.25) is 0 Å². The molecule has 0 aliphatic rings. The molecule has 116 valence electrons. The maximum Gasteiger partial charge on any atom is 0.315 e. The molecule has 1 aromatic rings. The second-order valence-corrected chi connectivity index (χ2v) is 5.10. The molecule has 7 heteroatoms. The number of hydrogen-bond donors (Lipinski definition) is 1. The van der Waals surface area contributed by atoms with E-state index in [-0.39, 0.29) is 35.8 Å². The van der Waals surface area contributed by atoms with Crippen LogP contribution in [-0.4, -0.2) is 28.2 Å². The van der Waals surface area contributed by atoms with Crippen molar-refractivity contribution in [2.24, 2.45) is 0 Å². The van der Waals surface area contributed by atoms with Gasteiger partial charge in [-0.15, -0.1) is 0 Å². The number of nitro benzene ring substituents is 1. The topological polar surface area (TPSA) is 98.9 Å². The van der Waals surface area contributed by atoms with Gasteiger partial charge in [-0.25, -0.2) is 0 Å². The fraction of sp³-hybridized carbons (Fsp3) is 0.500. The summed E-state index contributed by atoms with van der Waals surface area (Å²) in [5.41, 5.74) is -0.000874. The number of nitrogens with zero attached hydrogens (tertiary/aromatic N) is 1. The molecule has 0 heterocycles. The molecule has 0 atom stereocenters. The maximum atomic E-state index is 11.2. The lowest BCUT2D eigenvalue weighted by molar-refractivity contribution is -0.386. The SMILES string of the molecule is CC(C)Oc1cc(CC(=O)O)cc([N+](=O)[O-])c1OC(C)C. The van der Waals surface area contributed by atoms with E-state index in [1.54, 1.807) is 27.7 Å². The van der Waals surface area contributed by atoms with Gasteiger partial charge in [-0.1, -0.05) is 0 Å². The van der Waals surface area contributed by atoms with Crippen LogP contribution in [0.25, 0.3) is 0 Å². The second-order valence-electron chi connectivity index (χ2n) is 5.10. The average Bonchev–Trinajstić information content (AvgIpc) is 2.29. The molecule has 21 heavy (non-hydrogen) atoms. The predicted molar refractivity (Wildman–Crippen MR) is 76.0 cm³/mol. The van der Waals surface area contributed by atoms with Crippen molar-refractivity contribution in [3.63, 3.8) is 0 Å². The molecule has 0 saturated heterocycles. The van der Waals surface area contributed by atoms with Crippen LogP contribution in [0, 0.1) is 10.1 Å². The predicted octanol–water partition coefficient (Wildman–Crippen LogP) is 2.80. The fourth-order valence-corrected chi connectivity index (χ4v) is 1.75. The summed E-state index contributed by atoms with van der Waals surface area (Å²) >= 11 is 0. The van der Waals surface area contributed by atoms with Gasteiger partial charge >= 0.3 is 11.7 Å². The molecule has 0 aliphatic heterocycles. The summed E-state index contributed by atoms with van der Waals surface area (Å²) in [5, 5.41) is 20.0. The molecule has 0 aromatic heterocycles. The van der Waals surface area contributed by atoms with Crippen LogP contribution in [0.3, 0.4) is 0 Å². The molecule has 1 N–H and O–H groups in total. The summed E-state index contributed by atoms with van der Waals surface area (Å²) in [6.45, 7) is 7.03. The fourth-order valence-electron chi connectivity index (χ4n) is 1.75. The van der Waals surface area contributed by atoms with E-state index in [1.165, 1.54) is 12.1 Å². The summed E-state index contributed by atoms with van der Waals surface area (Å²) in [6, 6.07) is 2.68. The smallest absolute Gasteiger partial charge is 0.315 e. The van der Waals surface area contributed by atoms with Gasteiger partial charge in [0.1, 0.15) is 0 Å². The Bertz CT molecular complexity index is 539. The summed E-state index contributed by atoms with van der Waals surface area (Å²) in [5.74, 6) is -0.862. The number of carbonyl (C=O) groups is 1. The normalized spacial score (nSPS) is 10.8. The molecular weight excluding hydrogens is 278 g/mol. The van der Waals surface area contributed by atoms with Gasteiger partial charge in [0.25, 0.3) is 0 Å². The highest BCUT2D eigenvalue weighted by Crippen LogP contribution is 2.39. The first-order valence-electron chi connectivity index (χ1n) is 6.57. The van der Waals surface area contributed by atoms with Crippen LogP contribution in [0.15, 0.2) is 12.1 Å². The van der Waals surface area contributed by atoms with Gasteiger partial charge in [0, 0.05) is 6.07 Å². The minimum absolute atomic E-state index is 0.0258. The number of rotatable bonds is 7. The number of nitro groups is 1. The van der Waals surface area contributed by atoms with E-state index >= 15 is 0 Å². The third kappa shape index (κ3) is 4.94. The summed E-state index contributed by atoms with van der Waals surface area (Å²) < 4.78 is 11.0. The molecule has 1 rings (SSSR count). The zero-order valence-electron chi connectivity index (χ0n) is 12.5. The molecule has 0 aliphatic carbocycles. The van der Waals surface area contributed by atoms with Crippen molar-refractivity contribution in [2.75, 3.05) is 0 Å². The Hall–Kier alpha value is -2.31. The van der Waals surface area contributed by atoms with Crippen LogP contribution < -0.4 is 9.47 Å². The number of carboxylic acid groups (broad SMARTS) is 1. The van der Waals surface area contributed by atoms with E-state index in [0.717, 1.165) is 0 Å². The van der Waals surface area contributed by atoms with Gasteiger partial charge in [0.15, 0.2) is 5.75 Å². The largest absolute Gasteiger partial charge is 0.487 e. The first-order chi connectivity index (χ1) is 9.70. The molecule has 0 radical (unpaired) electrons. The first-order valence-corrected chi connectivity index (χ1v) is 6.57. The third-order valence-electron chi connectivity index (χ3n) is 2.36. The number of aliphatic carboxylic acids is 1. The first kappa shape index (κ1) is 16.7. The zero-order valence-corrected chi connectivity index (χ0v) is 12.5. The lowest BCUT2D eigenvalue weighted by atomic mass is 10.1. The summed E-state index contributed by atoms with van der Waals surface area (Å²) in [4.78, 5) is 21.4. The van der Waals surface area contributed by atoms with Gasteiger partial charge in [0.05, 0.1) is 23.6 Å². The third-order valence-corrected chi connectivity index (χ3v) is 2.36. The van der Waals surface area contributed by atoms with Crippen molar-refractivity contribution in [2.45, 2.75) is 46.3 Å². The average molecular weight is 297 g/mol. The van der Waals surface area contributed by atoms with E-state index < -0.39 is 10.9 Å². The van der Waals surface area contributed by atoms with Gasteiger partial charge in [-0.2, -0.15) is 0 Å². The highest BCUT2D eigenvalue weighted by atomic mass is 16.6. The van der Waals surface area contributed by atoms with Crippen molar-refractivity contribution in [3.8, 4) is 11.5 Å². The Kier molecular flexibility index (Phi) is 5.52. The van der Waals surface area contributed by atoms with E-state index in [4.69, 9.17) is 14.6 Å². The standard InChI is InChI=1S/C14H19NO6/c1-8(2)20-12-6-10(7-13(16)17)5-11(15(18)19)14(12)21-9(3)4/h5-6,8-9H,7H2,1-4H3,(H,16,17). The lowest BCUT2D eigenvalue weighted by Gasteiger charge is -2.17. The van der Waals surface area contributed by atoms with E-state index in [1.807, 2.05) is 0 Å². The molecule has 0 amide bonds. The maximum absolute atomic E-state index is 11.2. The second kappa shape index (κ2) is 6.92. The minimum Gasteiger partial charge on any atom is -0.487 e. The minimum atomic E-state index is -1.07. The van der Waals surface area contributed by atoms with Crippen LogP contribution >= 0.6 is 0 Å². The zero-order chi connectivity index (χ0) is 16.2. The molecule has 1 aromatic carbocycles. The highest BCUT2D eigenvalue weighted by Gasteiger charge is 2.24. The van der Waals surface area contributed by atoms with Crippen molar-refractivity contribution >= 4 is 11.7 Å². The van der Waals surface area contributed by atoms with Crippen LogP contribution in [-0.2, 0) is 11.2 Å². The number of carboxylic acids is 1. The number of benzene rings is 1. The number of hydrogen-bond acceptors (Lipinski definition) is 5. The van der Waals surface area contributed by atoms with Gasteiger partial charge in [-0.3, -0.25) is 14.9 Å². The lowest BCUT2D eigenvalue weighted by Crippen LogP contribution is -2.13. The van der Waals surface area contributed by atoms with Crippen LogP contribution in [0.4, 0.5) is 5.69 Å². The molecule has 0 spiro atoms. The quantitative estimate of drug-likeness (QED) is 0.613.